The largest absolute Gasteiger partial charge is 0.376 e. The molecule has 0 saturated carbocycles. The number of hydrogen-bond donors (Lipinski definition) is 0. The lowest BCUT2D eigenvalue weighted by Crippen LogP contribution is -2.47. The molecule has 1 aromatic carbocycles. The summed E-state index contributed by atoms with van der Waals surface area (Å²) in [5.74, 6) is 0.242. The van der Waals surface area contributed by atoms with Gasteiger partial charge in [0.15, 0.2) is 5.79 Å². The molecule has 4 atom stereocenters. The number of benzene rings is 1. The fourth-order valence-electron chi connectivity index (χ4n) is 3.47. The average Bonchev–Trinajstić information content (AvgIpc) is 2.59. The van der Waals surface area contributed by atoms with Crippen molar-refractivity contribution in [3.63, 3.8) is 0 Å². The zero-order valence-corrected chi connectivity index (χ0v) is 14.2. The molecule has 1 aromatic rings. The monoisotopic (exact) mass is 316 g/mol. The Hall–Kier alpha value is -1.16. The molecule has 2 aliphatic heterocycles. The lowest BCUT2D eigenvalue weighted by molar-refractivity contribution is -0.267. The SMILES string of the molecule is C[C@@H]1C=C[C@]2(CCCCO2)OC1[C@@H](C)COCc1ccccc1. The van der Waals surface area contributed by atoms with Crippen molar-refractivity contribution in [3.05, 3.63) is 48.0 Å². The van der Waals surface area contributed by atoms with Crippen molar-refractivity contribution in [3.8, 4) is 0 Å². The Labute approximate surface area is 139 Å². The van der Waals surface area contributed by atoms with E-state index in [2.05, 4.69) is 38.1 Å². The van der Waals surface area contributed by atoms with Gasteiger partial charge >= 0.3 is 0 Å². The van der Waals surface area contributed by atoms with Gasteiger partial charge in [0, 0.05) is 18.3 Å². The molecule has 0 amide bonds. The third kappa shape index (κ3) is 4.23. The number of ether oxygens (including phenoxy) is 3. The molecule has 2 aliphatic rings. The lowest BCUT2D eigenvalue weighted by atomic mass is 9.88. The van der Waals surface area contributed by atoms with Crippen LogP contribution in [-0.4, -0.2) is 25.1 Å². The summed E-state index contributed by atoms with van der Waals surface area (Å²) in [4.78, 5) is 0. The summed E-state index contributed by atoms with van der Waals surface area (Å²) < 4.78 is 18.3. The van der Waals surface area contributed by atoms with Crippen LogP contribution in [0.3, 0.4) is 0 Å². The van der Waals surface area contributed by atoms with Crippen LogP contribution in [0, 0.1) is 11.8 Å². The van der Waals surface area contributed by atoms with Crippen LogP contribution in [0.15, 0.2) is 42.5 Å². The molecule has 3 heteroatoms. The standard InChI is InChI=1S/C20H28O3/c1-16-10-12-20(11-6-7-13-22-20)23-19(16)17(2)14-21-15-18-8-4-3-5-9-18/h3-5,8-10,12,16-17,19H,6-7,11,13-15H2,1-2H3/t16-,17+,19?,20+/m1/s1. The quantitative estimate of drug-likeness (QED) is 0.757. The first kappa shape index (κ1) is 16.7. The second-order valence-electron chi connectivity index (χ2n) is 6.90. The maximum Gasteiger partial charge on any atom is 0.188 e. The normalized spacial score (nSPS) is 32.1. The molecule has 0 N–H and O–H groups in total. The topological polar surface area (TPSA) is 27.7 Å². The zero-order valence-electron chi connectivity index (χ0n) is 14.2. The predicted octanol–water partition coefficient (Wildman–Crippen LogP) is 4.33. The van der Waals surface area contributed by atoms with Crippen LogP contribution in [0.25, 0.3) is 0 Å². The van der Waals surface area contributed by atoms with Crippen molar-refractivity contribution in [1.29, 1.82) is 0 Å². The number of hydrogen-bond acceptors (Lipinski definition) is 3. The highest BCUT2D eigenvalue weighted by Crippen LogP contribution is 2.37. The summed E-state index contributed by atoms with van der Waals surface area (Å²) in [6, 6.07) is 10.3. The first-order chi connectivity index (χ1) is 11.2. The van der Waals surface area contributed by atoms with Crippen LogP contribution in [0.5, 0.6) is 0 Å². The van der Waals surface area contributed by atoms with E-state index in [-0.39, 0.29) is 6.10 Å². The van der Waals surface area contributed by atoms with E-state index in [1.54, 1.807) is 0 Å². The minimum absolute atomic E-state index is 0.147. The Bertz CT molecular complexity index is 505. The van der Waals surface area contributed by atoms with E-state index in [4.69, 9.17) is 14.2 Å². The Balaban J connectivity index is 1.53. The molecule has 0 aliphatic carbocycles. The third-order valence-electron chi connectivity index (χ3n) is 4.83. The van der Waals surface area contributed by atoms with Gasteiger partial charge in [0.05, 0.1) is 25.9 Å². The summed E-state index contributed by atoms with van der Waals surface area (Å²) in [7, 11) is 0. The predicted molar refractivity (Wildman–Crippen MR) is 91.0 cm³/mol. The first-order valence-electron chi connectivity index (χ1n) is 8.81. The molecule has 3 rings (SSSR count). The van der Waals surface area contributed by atoms with Gasteiger partial charge in [0.2, 0.25) is 0 Å². The van der Waals surface area contributed by atoms with Gasteiger partial charge in [-0.25, -0.2) is 0 Å². The van der Waals surface area contributed by atoms with Gasteiger partial charge in [-0.1, -0.05) is 50.3 Å². The Kier molecular flexibility index (Phi) is 5.52. The van der Waals surface area contributed by atoms with Crippen molar-refractivity contribution in [2.45, 2.75) is 51.6 Å². The van der Waals surface area contributed by atoms with Crippen molar-refractivity contribution in [1.82, 2.24) is 0 Å². The smallest absolute Gasteiger partial charge is 0.188 e. The van der Waals surface area contributed by atoms with E-state index < -0.39 is 5.79 Å². The molecular formula is C20H28O3. The molecule has 1 saturated heterocycles. The van der Waals surface area contributed by atoms with Gasteiger partial charge < -0.3 is 14.2 Å². The number of rotatable bonds is 5. The Morgan fingerprint density at radius 2 is 2.09 bits per heavy atom. The van der Waals surface area contributed by atoms with E-state index in [0.717, 1.165) is 19.4 Å². The fraction of sp³-hybridized carbons (Fsp3) is 0.600. The van der Waals surface area contributed by atoms with Crippen LogP contribution >= 0.6 is 0 Å². The summed E-state index contributed by atoms with van der Waals surface area (Å²) >= 11 is 0. The summed E-state index contributed by atoms with van der Waals surface area (Å²) in [6.07, 6.45) is 7.80. The van der Waals surface area contributed by atoms with Crippen molar-refractivity contribution in [2.75, 3.05) is 13.2 Å². The van der Waals surface area contributed by atoms with Gasteiger partial charge in [-0.15, -0.1) is 0 Å². The average molecular weight is 316 g/mol. The minimum Gasteiger partial charge on any atom is -0.376 e. The molecule has 0 aromatic heterocycles. The first-order valence-corrected chi connectivity index (χ1v) is 8.81. The molecule has 2 heterocycles. The van der Waals surface area contributed by atoms with E-state index in [1.807, 2.05) is 18.2 Å². The van der Waals surface area contributed by atoms with Gasteiger partial charge in [-0.2, -0.15) is 0 Å². The van der Waals surface area contributed by atoms with Crippen LogP contribution in [-0.2, 0) is 20.8 Å². The van der Waals surface area contributed by atoms with Gasteiger partial charge in [-0.3, -0.25) is 0 Å². The molecule has 23 heavy (non-hydrogen) atoms. The van der Waals surface area contributed by atoms with Crippen LogP contribution in [0.4, 0.5) is 0 Å². The molecule has 0 bridgehead atoms. The van der Waals surface area contributed by atoms with Crippen LogP contribution in [0.2, 0.25) is 0 Å². The summed E-state index contributed by atoms with van der Waals surface area (Å²) in [6.45, 7) is 6.58. The highest BCUT2D eigenvalue weighted by Gasteiger charge is 2.40. The molecule has 3 nitrogen and oxygen atoms in total. The minimum atomic E-state index is -0.483. The zero-order chi connectivity index (χ0) is 16.1. The van der Waals surface area contributed by atoms with Gasteiger partial charge in [0.1, 0.15) is 0 Å². The van der Waals surface area contributed by atoms with Gasteiger partial charge in [0.25, 0.3) is 0 Å². The highest BCUT2D eigenvalue weighted by atomic mass is 16.7. The fourth-order valence-corrected chi connectivity index (χ4v) is 3.47. The highest BCUT2D eigenvalue weighted by molar-refractivity contribution is 5.13. The Morgan fingerprint density at radius 1 is 1.26 bits per heavy atom. The molecule has 1 fully saturated rings. The maximum atomic E-state index is 6.40. The summed E-state index contributed by atoms with van der Waals surface area (Å²) in [5.41, 5.74) is 1.21. The third-order valence-corrected chi connectivity index (χ3v) is 4.83. The second kappa shape index (κ2) is 7.61. The molecule has 1 spiro atoms. The van der Waals surface area contributed by atoms with Crippen LogP contribution < -0.4 is 0 Å². The molecule has 126 valence electrons. The molecule has 1 unspecified atom stereocenters. The molecule has 0 radical (unpaired) electrons. The lowest BCUT2D eigenvalue weighted by Gasteiger charge is -2.43. The second-order valence-corrected chi connectivity index (χ2v) is 6.90. The van der Waals surface area contributed by atoms with Gasteiger partial charge in [-0.05, 0) is 24.5 Å². The van der Waals surface area contributed by atoms with Crippen molar-refractivity contribution < 1.29 is 14.2 Å². The summed E-state index contributed by atoms with van der Waals surface area (Å²) in [5, 5.41) is 0. The molecular weight excluding hydrogens is 288 g/mol. The van der Waals surface area contributed by atoms with Crippen molar-refractivity contribution >= 4 is 0 Å². The van der Waals surface area contributed by atoms with E-state index in [1.165, 1.54) is 12.0 Å². The Morgan fingerprint density at radius 3 is 2.83 bits per heavy atom. The van der Waals surface area contributed by atoms with Crippen LogP contribution in [0.1, 0.15) is 38.7 Å². The van der Waals surface area contributed by atoms with E-state index in [9.17, 15) is 0 Å². The van der Waals surface area contributed by atoms with Crippen molar-refractivity contribution in [2.24, 2.45) is 11.8 Å². The van der Waals surface area contributed by atoms with E-state index in [0.29, 0.717) is 25.0 Å². The maximum absolute atomic E-state index is 6.40. The van der Waals surface area contributed by atoms with E-state index >= 15 is 0 Å².